The first-order valence-electron chi connectivity index (χ1n) is 22.8. The summed E-state index contributed by atoms with van der Waals surface area (Å²) in [6, 6.07) is 33.8. The van der Waals surface area contributed by atoms with Gasteiger partial charge in [-0.2, -0.15) is 0 Å². The second-order valence-electron chi connectivity index (χ2n) is 17.8. The van der Waals surface area contributed by atoms with Crippen molar-refractivity contribution in [3.05, 3.63) is 201 Å². The monoisotopic (exact) mass is 984 g/mol. The lowest BCUT2D eigenvalue weighted by Crippen LogP contribution is -2.29. The van der Waals surface area contributed by atoms with E-state index in [0.29, 0.717) is 22.3 Å². The van der Waals surface area contributed by atoms with E-state index in [-0.39, 0.29) is 84.3 Å². The van der Waals surface area contributed by atoms with Gasteiger partial charge >= 0.3 is 28.5 Å². The summed E-state index contributed by atoms with van der Waals surface area (Å²) in [5, 5.41) is 173. The minimum Gasteiger partial charge on any atom is -0.508 e. The molecule has 3 atom stereocenters. The van der Waals surface area contributed by atoms with E-state index in [1.54, 1.807) is 31.2 Å². The fourth-order valence-electron chi connectivity index (χ4n) is 9.38. The van der Waals surface area contributed by atoms with Crippen molar-refractivity contribution >= 4 is 50.3 Å². The summed E-state index contributed by atoms with van der Waals surface area (Å²) < 4.78 is 0. The highest BCUT2D eigenvalue weighted by Gasteiger charge is 2.34. The maximum atomic E-state index is 12.3. The molecule has 368 valence electrons. The molecule has 16 nitrogen and oxygen atoms in total. The Morgan fingerprint density at radius 1 is 0.356 bits per heavy atom. The molecule has 8 aromatic carbocycles. The number of benzene rings is 8. The van der Waals surface area contributed by atoms with Crippen molar-refractivity contribution in [1.29, 1.82) is 0 Å². The predicted molar refractivity (Wildman–Crippen MR) is 275 cm³/mol. The first kappa shape index (κ1) is 51.5. The molecular formula is C53H48B4O16. The molecule has 8 aromatic rings. The van der Waals surface area contributed by atoms with Crippen LogP contribution in [0.15, 0.2) is 146 Å². The van der Waals surface area contributed by atoms with Crippen molar-refractivity contribution in [2.24, 2.45) is 0 Å². The van der Waals surface area contributed by atoms with Crippen LogP contribution in [-0.4, -0.2) is 110 Å². The number of phenolic OH excluding ortho intramolecular Hbond substituents is 8. The minimum atomic E-state index is -1.87. The van der Waals surface area contributed by atoms with Gasteiger partial charge in [0.2, 0.25) is 0 Å². The van der Waals surface area contributed by atoms with Crippen LogP contribution in [0.5, 0.6) is 46.0 Å². The zero-order chi connectivity index (χ0) is 52.6. The Balaban J connectivity index is 1.44. The van der Waals surface area contributed by atoms with Gasteiger partial charge in [-0.15, -0.1) is 0 Å². The predicted octanol–water partition coefficient (Wildman–Crippen LogP) is 1.82. The molecule has 0 heterocycles. The fourth-order valence-corrected chi connectivity index (χ4v) is 9.38. The fraction of sp³-hybridized carbons (Fsp3) is 0.0943. The van der Waals surface area contributed by atoms with Crippen LogP contribution < -0.4 is 21.9 Å². The summed E-state index contributed by atoms with van der Waals surface area (Å²) >= 11 is 0. The Labute approximate surface area is 419 Å². The number of hydrogen-bond acceptors (Lipinski definition) is 16. The van der Waals surface area contributed by atoms with E-state index in [4.69, 9.17) is 0 Å². The Bertz CT molecular complexity index is 3280. The molecule has 0 amide bonds. The zero-order valence-corrected chi connectivity index (χ0v) is 38.8. The number of rotatable bonds is 15. The molecule has 0 saturated heterocycles. The molecule has 16 N–H and O–H groups in total. The molecule has 8 rings (SSSR count). The van der Waals surface area contributed by atoms with E-state index in [2.05, 4.69) is 0 Å². The molecule has 0 bridgehead atoms. The van der Waals surface area contributed by atoms with Gasteiger partial charge in [0.15, 0.2) is 0 Å². The summed E-state index contributed by atoms with van der Waals surface area (Å²) in [6.45, 7) is 1.77. The molecule has 0 saturated carbocycles. The third-order valence-electron chi connectivity index (χ3n) is 13.3. The van der Waals surface area contributed by atoms with Crippen molar-refractivity contribution < 1.29 is 81.0 Å². The van der Waals surface area contributed by atoms with Gasteiger partial charge in [-0.3, -0.25) is 0 Å². The van der Waals surface area contributed by atoms with Gasteiger partial charge in [0, 0.05) is 92.9 Å². The van der Waals surface area contributed by atoms with E-state index in [9.17, 15) is 81.0 Å². The summed E-state index contributed by atoms with van der Waals surface area (Å²) in [4.78, 5) is 0. The number of aromatic hydroxyl groups is 8. The van der Waals surface area contributed by atoms with Gasteiger partial charge in [-0.1, -0.05) is 110 Å². The van der Waals surface area contributed by atoms with Crippen LogP contribution in [0.3, 0.4) is 0 Å². The van der Waals surface area contributed by atoms with Crippen molar-refractivity contribution in [2.75, 3.05) is 0 Å². The van der Waals surface area contributed by atoms with Crippen molar-refractivity contribution in [3.8, 4) is 57.1 Å². The van der Waals surface area contributed by atoms with Gasteiger partial charge in [-0.25, -0.2) is 0 Å². The topological polar surface area (TPSA) is 324 Å². The van der Waals surface area contributed by atoms with E-state index >= 15 is 0 Å². The lowest BCUT2D eigenvalue weighted by Gasteiger charge is -2.28. The maximum Gasteiger partial charge on any atom is 0.488 e. The van der Waals surface area contributed by atoms with E-state index < -0.39 is 80.7 Å². The van der Waals surface area contributed by atoms with E-state index in [1.165, 1.54) is 97.1 Å². The quantitative estimate of drug-likeness (QED) is 0.0515. The third kappa shape index (κ3) is 10.5. The van der Waals surface area contributed by atoms with Crippen LogP contribution in [0.25, 0.3) is 11.1 Å². The molecule has 0 aliphatic rings. The first-order chi connectivity index (χ1) is 34.7. The lowest BCUT2D eigenvalue weighted by molar-refractivity contribution is 0.424. The Kier molecular flexibility index (Phi) is 14.8. The molecule has 0 aliphatic carbocycles. The number of phenols is 8. The van der Waals surface area contributed by atoms with Crippen molar-refractivity contribution in [1.82, 2.24) is 0 Å². The smallest absolute Gasteiger partial charge is 0.488 e. The normalized spacial score (nSPS) is 12.5. The Hall–Kier alpha value is -7.90. The standard InChI is InChI=1S/C53H48B4O16/c1-27(29-4-12-33(13-5-29)55(68)69)38-22-40(45(61)24-44(38)60)50(30-6-14-34(15-7-30)56(70)71)41-23-42(47(63)25-46(41)62)52-39(20-28-2-10-32(11-3-28)54(66)67)48(64)26-49(65)53(52)51(37-19-18-36(58)21-43(37)59)31-8-16-35(17-9-31)57(72)73/h2-19,21-27,50-51,58-73H,20H2,1H3. The maximum absolute atomic E-state index is 12.3. The molecule has 0 aliphatic heterocycles. The minimum absolute atomic E-state index is 0.0164. The van der Waals surface area contributed by atoms with Gasteiger partial charge in [0.25, 0.3) is 0 Å². The van der Waals surface area contributed by atoms with Crippen LogP contribution in [0, 0.1) is 0 Å². The van der Waals surface area contributed by atoms with Crippen LogP contribution in [-0.2, 0) is 6.42 Å². The SMILES string of the molecule is CC(c1ccc(B(O)O)cc1)c1cc(C(c2ccc(B(O)O)cc2)c2cc(-c3c(Cc4ccc(B(O)O)cc4)c(O)cc(O)c3C(c3ccc(B(O)O)cc3)c3ccc(O)cc3O)c(O)cc2O)c(O)cc1O. The Morgan fingerprint density at radius 3 is 1.26 bits per heavy atom. The highest BCUT2D eigenvalue weighted by atomic mass is 16.4. The summed E-state index contributed by atoms with van der Waals surface area (Å²) in [5.41, 5.74) is 2.60. The van der Waals surface area contributed by atoms with Gasteiger partial charge in [0.05, 0.1) is 0 Å². The molecule has 3 unspecified atom stereocenters. The highest BCUT2D eigenvalue weighted by molar-refractivity contribution is 6.59. The third-order valence-corrected chi connectivity index (χ3v) is 13.3. The van der Waals surface area contributed by atoms with Crippen LogP contribution in [0.2, 0.25) is 0 Å². The number of hydrogen-bond donors (Lipinski definition) is 16. The van der Waals surface area contributed by atoms with Gasteiger partial charge in [0.1, 0.15) is 46.0 Å². The average molecular weight is 984 g/mol. The van der Waals surface area contributed by atoms with Gasteiger partial charge in [-0.05, 0) is 62.3 Å². The zero-order valence-electron chi connectivity index (χ0n) is 38.8. The van der Waals surface area contributed by atoms with E-state index in [0.717, 1.165) is 24.3 Å². The largest absolute Gasteiger partial charge is 0.508 e. The second kappa shape index (κ2) is 21.1. The van der Waals surface area contributed by atoms with Crippen LogP contribution in [0.4, 0.5) is 0 Å². The lowest BCUT2D eigenvalue weighted by atomic mass is 9.74. The van der Waals surface area contributed by atoms with Crippen LogP contribution >= 0.6 is 0 Å². The van der Waals surface area contributed by atoms with Crippen molar-refractivity contribution in [3.63, 3.8) is 0 Å². The molecule has 0 spiro atoms. The Morgan fingerprint density at radius 2 is 0.767 bits per heavy atom. The molecule has 20 heteroatoms. The summed E-state index contributed by atoms with van der Waals surface area (Å²) in [7, 11) is -7.28. The van der Waals surface area contributed by atoms with Gasteiger partial charge < -0.3 is 81.0 Å². The van der Waals surface area contributed by atoms with E-state index in [1.807, 2.05) is 0 Å². The van der Waals surface area contributed by atoms with Crippen molar-refractivity contribution in [2.45, 2.75) is 31.1 Å². The molecule has 0 aromatic heterocycles. The molecule has 73 heavy (non-hydrogen) atoms. The van der Waals surface area contributed by atoms with Crippen LogP contribution in [0.1, 0.15) is 80.3 Å². The first-order valence-corrected chi connectivity index (χ1v) is 22.8. The highest BCUT2D eigenvalue weighted by Crippen LogP contribution is 2.54. The second-order valence-corrected chi connectivity index (χ2v) is 17.8. The molecule has 0 radical (unpaired) electrons. The average Bonchev–Trinajstić information content (AvgIpc) is 3.35. The molecular weight excluding hydrogens is 936 g/mol. The summed E-state index contributed by atoms with van der Waals surface area (Å²) in [5.74, 6) is -6.80. The summed E-state index contributed by atoms with van der Waals surface area (Å²) in [6.07, 6.45) is -0.164. The molecule has 0 fully saturated rings.